The van der Waals surface area contributed by atoms with Crippen LogP contribution in [0.3, 0.4) is 0 Å². The first-order chi connectivity index (χ1) is 12.9. The second kappa shape index (κ2) is 7.38. The molecule has 0 bridgehead atoms. The Morgan fingerprint density at radius 2 is 2.04 bits per heavy atom. The first-order valence-electron chi connectivity index (χ1n) is 8.11. The van der Waals surface area contributed by atoms with Gasteiger partial charge in [-0.1, -0.05) is 12.1 Å². The molecule has 2 aromatic carbocycles. The maximum atomic E-state index is 12.6. The molecule has 0 unspecified atom stereocenters. The zero-order chi connectivity index (χ0) is 19.6. The van der Waals surface area contributed by atoms with Gasteiger partial charge in [0.15, 0.2) is 0 Å². The van der Waals surface area contributed by atoms with Gasteiger partial charge in [-0.25, -0.2) is 0 Å². The van der Waals surface area contributed by atoms with Crippen LogP contribution in [0.25, 0.3) is 10.9 Å². The molecule has 8 heteroatoms. The highest BCUT2D eigenvalue weighted by Gasteiger charge is 2.18. The summed E-state index contributed by atoms with van der Waals surface area (Å²) in [4.78, 5) is 37.6. The van der Waals surface area contributed by atoms with Crippen LogP contribution in [-0.2, 0) is 11.3 Å². The molecule has 1 aromatic heterocycles. The summed E-state index contributed by atoms with van der Waals surface area (Å²) in [6.45, 7) is 1.82. The largest absolute Gasteiger partial charge is 0.380 e. The van der Waals surface area contributed by atoms with Gasteiger partial charge in [0.25, 0.3) is 11.6 Å². The second-order valence-corrected chi connectivity index (χ2v) is 6.01. The summed E-state index contributed by atoms with van der Waals surface area (Å²) in [5, 5.41) is 14.6. The molecule has 0 radical (unpaired) electrons. The zero-order valence-corrected chi connectivity index (χ0v) is 14.7. The molecule has 0 fully saturated rings. The normalized spacial score (nSPS) is 10.7. The third-order valence-electron chi connectivity index (χ3n) is 4.23. The number of benzene rings is 2. The van der Waals surface area contributed by atoms with Crippen LogP contribution in [0.4, 0.5) is 11.4 Å². The summed E-state index contributed by atoms with van der Waals surface area (Å²) >= 11 is 0. The predicted molar refractivity (Wildman–Crippen MR) is 101 cm³/mol. The number of ether oxygens (including phenoxy) is 1. The van der Waals surface area contributed by atoms with Crippen LogP contribution in [-0.4, -0.2) is 22.9 Å². The molecule has 3 aromatic rings. The van der Waals surface area contributed by atoms with Crippen molar-refractivity contribution in [2.75, 3.05) is 12.4 Å². The van der Waals surface area contributed by atoms with Gasteiger partial charge in [0.1, 0.15) is 0 Å². The number of nitrogens with one attached hydrogen (secondary N) is 2. The van der Waals surface area contributed by atoms with Crippen molar-refractivity contribution in [2.24, 2.45) is 0 Å². The number of anilines is 1. The highest BCUT2D eigenvalue weighted by molar-refractivity contribution is 6.06. The number of rotatable bonds is 5. The number of nitrogens with zero attached hydrogens (tertiary/aromatic N) is 1. The van der Waals surface area contributed by atoms with Gasteiger partial charge in [-0.2, -0.15) is 0 Å². The molecule has 27 heavy (non-hydrogen) atoms. The Morgan fingerprint density at radius 1 is 1.26 bits per heavy atom. The summed E-state index contributed by atoms with van der Waals surface area (Å²) < 4.78 is 5.11. The van der Waals surface area contributed by atoms with E-state index in [2.05, 4.69) is 10.3 Å². The monoisotopic (exact) mass is 367 g/mol. The van der Waals surface area contributed by atoms with Crippen LogP contribution in [0.15, 0.2) is 47.3 Å². The molecular formula is C19H17N3O5. The van der Waals surface area contributed by atoms with Crippen LogP contribution in [0.5, 0.6) is 0 Å². The van der Waals surface area contributed by atoms with E-state index in [0.29, 0.717) is 17.8 Å². The summed E-state index contributed by atoms with van der Waals surface area (Å²) in [5.41, 5.74) is 1.88. The lowest BCUT2D eigenvalue weighted by molar-refractivity contribution is -0.385. The number of hydrogen-bond acceptors (Lipinski definition) is 5. The van der Waals surface area contributed by atoms with E-state index in [9.17, 15) is 19.7 Å². The number of carbonyl (C=O) groups is 1. The van der Waals surface area contributed by atoms with Crippen molar-refractivity contribution in [3.05, 3.63) is 79.6 Å². The van der Waals surface area contributed by atoms with Crippen molar-refractivity contribution in [2.45, 2.75) is 13.5 Å². The van der Waals surface area contributed by atoms with Crippen molar-refractivity contribution in [3.63, 3.8) is 0 Å². The second-order valence-electron chi connectivity index (χ2n) is 6.01. The van der Waals surface area contributed by atoms with E-state index >= 15 is 0 Å². The minimum atomic E-state index is -0.524. The van der Waals surface area contributed by atoms with E-state index in [1.54, 1.807) is 25.3 Å². The summed E-state index contributed by atoms with van der Waals surface area (Å²) in [6, 6.07) is 10.9. The maximum absolute atomic E-state index is 12.6. The van der Waals surface area contributed by atoms with Gasteiger partial charge in [-0.05, 0) is 30.7 Å². The van der Waals surface area contributed by atoms with Crippen LogP contribution in [0.1, 0.15) is 21.5 Å². The van der Waals surface area contributed by atoms with Crippen molar-refractivity contribution in [3.8, 4) is 0 Å². The van der Waals surface area contributed by atoms with Gasteiger partial charge < -0.3 is 15.0 Å². The molecule has 0 aliphatic heterocycles. The number of aromatic nitrogens is 1. The predicted octanol–water partition coefficient (Wildman–Crippen LogP) is 3.14. The highest BCUT2D eigenvalue weighted by atomic mass is 16.6. The number of aromatic amines is 1. The minimum Gasteiger partial charge on any atom is -0.380 e. The lowest BCUT2D eigenvalue weighted by Crippen LogP contribution is -2.14. The van der Waals surface area contributed by atoms with Crippen molar-refractivity contribution in [1.82, 2.24) is 4.98 Å². The number of nitro benzene ring substituents is 1. The van der Waals surface area contributed by atoms with Crippen LogP contribution in [0, 0.1) is 17.0 Å². The fraction of sp³-hybridized carbons (Fsp3) is 0.158. The maximum Gasteiger partial charge on any atom is 0.273 e. The molecule has 0 aliphatic rings. The topological polar surface area (TPSA) is 114 Å². The Kier molecular flexibility index (Phi) is 5.00. The average molecular weight is 367 g/mol. The van der Waals surface area contributed by atoms with Gasteiger partial charge in [0.2, 0.25) is 5.56 Å². The first-order valence-corrected chi connectivity index (χ1v) is 8.11. The van der Waals surface area contributed by atoms with Crippen LogP contribution >= 0.6 is 0 Å². The van der Waals surface area contributed by atoms with E-state index in [-0.39, 0.29) is 22.4 Å². The number of nitro groups is 1. The number of hydrogen-bond donors (Lipinski definition) is 2. The number of amides is 1. The van der Waals surface area contributed by atoms with Gasteiger partial charge in [-0.15, -0.1) is 0 Å². The Morgan fingerprint density at radius 3 is 2.74 bits per heavy atom. The summed E-state index contributed by atoms with van der Waals surface area (Å²) in [5.74, 6) is -0.467. The minimum absolute atomic E-state index is 0.116. The van der Waals surface area contributed by atoms with E-state index in [0.717, 1.165) is 10.9 Å². The Bertz CT molecular complexity index is 1100. The molecule has 8 nitrogen and oxygen atoms in total. The van der Waals surface area contributed by atoms with Crippen LogP contribution < -0.4 is 10.9 Å². The Labute approximate surface area is 153 Å². The lowest BCUT2D eigenvalue weighted by atomic mass is 10.1. The molecule has 0 aliphatic carbocycles. The molecule has 3 rings (SSSR count). The van der Waals surface area contributed by atoms with E-state index in [1.165, 1.54) is 31.2 Å². The molecule has 1 heterocycles. The Balaban J connectivity index is 1.95. The molecule has 1 amide bonds. The number of carbonyl (C=O) groups excluding carboxylic acids is 1. The first kappa shape index (κ1) is 18.3. The number of fused-ring (bicyclic) bond motifs is 1. The molecule has 0 saturated heterocycles. The standard InChI is InChI=1S/C19H17N3O5/c1-11-14(4-3-5-17(11)22(25)26)19(24)20-13-6-7-15-12(10-27-2)8-18(23)21-16(15)9-13/h3-9H,10H2,1-2H3,(H,20,24)(H,21,23). The van der Waals surface area contributed by atoms with Gasteiger partial charge in [0.05, 0.1) is 17.0 Å². The third-order valence-corrected chi connectivity index (χ3v) is 4.23. The van der Waals surface area contributed by atoms with Crippen molar-refractivity contribution >= 4 is 28.2 Å². The van der Waals surface area contributed by atoms with Crippen LogP contribution in [0.2, 0.25) is 0 Å². The molecule has 0 atom stereocenters. The smallest absolute Gasteiger partial charge is 0.273 e. The van der Waals surface area contributed by atoms with Crippen molar-refractivity contribution < 1.29 is 14.5 Å². The number of methoxy groups -OCH3 is 1. The van der Waals surface area contributed by atoms with Gasteiger partial charge in [0, 0.05) is 41.4 Å². The van der Waals surface area contributed by atoms with E-state index < -0.39 is 10.8 Å². The molecular weight excluding hydrogens is 350 g/mol. The van der Waals surface area contributed by atoms with E-state index in [4.69, 9.17) is 4.74 Å². The quantitative estimate of drug-likeness (QED) is 0.531. The summed E-state index contributed by atoms with van der Waals surface area (Å²) in [7, 11) is 1.54. The molecule has 2 N–H and O–H groups in total. The highest BCUT2D eigenvalue weighted by Crippen LogP contribution is 2.24. The molecule has 0 saturated carbocycles. The van der Waals surface area contributed by atoms with Crippen molar-refractivity contribution in [1.29, 1.82) is 0 Å². The SMILES string of the molecule is COCc1cc(=O)[nH]c2cc(NC(=O)c3cccc([N+](=O)[O-])c3C)ccc12. The zero-order valence-electron chi connectivity index (χ0n) is 14.7. The van der Waals surface area contributed by atoms with E-state index in [1.807, 2.05) is 0 Å². The third kappa shape index (κ3) is 3.70. The molecule has 0 spiro atoms. The number of pyridine rings is 1. The summed E-state index contributed by atoms with van der Waals surface area (Å²) in [6.07, 6.45) is 0. The number of H-pyrrole nitrogens is 1. The fourth-order valence-electron chi connectivity index (χ4n) is 2.95. The van der Waals surface area contributed by atoms with Gasteiger partial charge >= 0.3 is 0 Å². The average Bonchev–Trinajstić information content (AvgIpc) is 2.61. The lowest BCUT2D eigenvalue weighted by Gasteiger charge is -2.10. The Hall–Kier alpha value is -3.52. The fourth-order valence-corrected chi connectivity index (χ4v) is 2.95. The van der Waals surface area contributed by atoms with Gasteiger partial charge in [-0.3, -0.25) is 19.7 Å². The molecule has 138 valence electrons.